The average molecular weight is 195 g/mol. The van der Waals surface area contributed by atoms with E-state index in [9.17, 15) is 10.1 Å². The predicted molar refractivity (Wildman–Crippen MR) is 53.6 cm³/mol. The zero-order chi connectivity index (χ0) is 10.6. The van der Waals surface area contributed by atoms with Gasteiger partial charge in [0.2, 0.25) is 0 Å². The highest BCUT2D eigenvalue weighted by Gasteiger charge is 2.10. The smallest absolute Gasteiger partial charge is 0.272 e. The highest BCUT2D eigenvalue weighted by Crippen LogP contribution is 2.22. The Kier molecular flexibility index (Phi) is 3.45. The summed E-state index contributed by atoms with van der Waals surface area (Å²) in [6.07, 6.45) is 0.927. The van der Waals surface area contributed by atoms with Gasteiger partial charge in [-0.3, -0.25) is 10.1 Å². The number of hydrogen-bond acceptors (Lipinski definition) is 3. The average Bonchev–Trinajstić information content (AvgIpc) is 2.14. The van der Waals surface area contributed by atoms with Crippen molar-refractivity contribution >= 4 is 5.69 Å². The second-order valence-electron chi connectivity index (χ2n) is 3.05. The van der Waals surface area contributed by atoms with Crippen LogP contribution in [0.2, 0.25) is 0 Å². The number of ether oxygens (including phenoxy) is 1. The number of nitro benzene ring substituents is 1. The van der Waals surface area contributed by atoms with Gasteiger partial charge in [-0.2, -0.15) is 0 Å². The molecule has 0 amide bonds. The first-order chi connectivity index (χ1) is 6.65. The van der Waals surface area contributed by atoms with Gasteiger partial charge in [-0.1, -0.05) is 6.92 Å². The van der Waals surface area contributed by atoms with Gasteiger partial charge >= 0.3 is 0 Å². The van der Waals surface area contributed by atoms with E-state index in [0.717, 1.165) is 6.42 Å². The van der Waals surface area contributed by atoms with Gasteiger partial charge in [0.05, 0.1) is 11.5 Å². The maximum absolute atomic E-state index is 10.5. The fourth-order valence-corrected chi connectivity index (χ4v) is 1.14. The molecule has 1 aromatic carbocycles. The standard InChI is InChI=1S/C10H13NO3/c1-3-6-14-9-4-5-10(11(12)13)8(2)7-9/h4-5,7H,3,6H2,1-2H3. The Bertz CT molecular complexity index is 336. The Morgan fingerprint density at radius 1 is 1.50 bits per heavy atom. The van der Waals surface area contributed by atoms with Crippen molar-refractivity contribution in [2.24, 2.45) is 0 Å². The van der Waals surface area contributed by atoms with E-state index in [1.807, 2.05) is 6.92 Å². The predicted octanol–water partition coefficient (Wildman–Crippen LogP) is 2.69. The van der Waals surface area contributed by atoms with E-state index in [1.165, 1.54) is 6.07 Å². The molecule has 0 aliphatic carbocycles. The summed E-state index contributed by atoms with van der Waals surface area (Å²) in [7, 11) is 0. The number of aryl methyl sites for hydroxylation is 1. The molecule has 14 heavy (non-hydrogen) atoms. The molecule has 76 valence electrons. The minimum Gasteiger partial charge on any atom is -0.494 e. The van der Waals surface area contributed by atoms with Gasteiger partial charge in [-0.15, -0.1) is 0 Å². The molecule has 0 fully saturated rings. The first-order valence-electron chi connectivity index (χ1n) is 4.53. The van der Waals surface area contributed by atoms with Gasteiger partial charge in [0.1, 0.15) is 5.75 Å². The lowest BCUT2D eigenvalue weighted by Gasteiger charge is -2.04. The van der Waals surface area contributed by atoms with Crippen molar-refractivity contribution in [3.05, 3.63) is 33.9 Å². The molecule has 0 aromatic heterocycles. The van der Waals surface area contributed by atoms with Crippen molar-refractivity contribution < 1.29 is 9.66 Å². The van der Waals surface area contributed by atoms with E-state index in [1.54, 1.807) is 19.1 Å². The van der Waals surface area contributed by atoms with Gasteiger partial charge < -0.3 is 4.74 Å². The second kappa shape index (κ2) is 4.60. The van der Waals surface area contributed by atoms with Gasteiger partial charge in [-0.05, 0) is 25.5 Å². The molecule has 0 N–H and O–H groups in total. The Hall–Kier alpha value is -1.58. The maximum atomic E-state index is 10.5. The summed E-state index contributed by atoms with van der Waals surface area (Å²) < 4.78 is 5.35. The SMILES string of the molecule is CCCOc1ccc([N+](=O)[O-])c(C)c1. The summed E-state index contributed by atoms with van der Waals surface area (Å²) in [5, 5.41) is 10.5. The molecule has 0 radical (unpaired) electrons. The highest BCUT2D eigenvalue weighted by atomic mass is 16.6. The third-order valence-electron chi connectivity index (χ3n) is 1.84. The largest absolute Gasteiger partial charge is 0.494 e. The monoisotopic (exact) mass is 195 g/mol. The third kappa shape index (κ3) is 2.45. The minimum absolute atomic E-state index is 0.133. The number of rotatable bonds is 4. The highest BCUT2D eigenvalue weighted by molar-refractivity contribution is 5.44. The molecular weight excluding hydrogens is 182 g/mol. The van der Waals surface area contributed by atoms with Crippen molar-refractivity contribution in [1.29, 1.82) is 0 Å². The van der Waals surface area contributed by atoms with Crippen LogP contribution in [0.4, 0.5) is 5.69 Å². The molecule has 0 saturated heterocycles. The summed E-state index contributed by atoms with van der Waals surface area (Å²) in [6, 6.07) is 4.79. The van der Waals surface area contributed by atoms with Crippen molar-refractivity contribution in [2.45, 2.75) is 20.3 Å². The van der Waals surface area contributed by atoms with E-state index in [2.05, 4.69) is 0 Å². The second-order valence-corrected chi connectivity index (χ2v) is 3.05. The lowest BCUT2D eigenvalue weighted by atomic mass is 10.2. The number of nitrogens with zero attached hydrogens (tertiary/aromatic N) is 1. The van der Waals surface area contributed by atoms with Crippen molar-refractivity contribution in [3.8, 4) is 5.75 Å². The zero-order valence-electron chi connectivity index (χ0n) is 8.32. The van der Waals surface area contributed by atoms with Crippen molar-refractivity contribution in [3.63, 3.8) is 0 Å². The molecule has 0 bridgehead atoms. The fourth-order valence-electron chi connectivity index (χ4n) is 1.14. The Morgan fingerprint density at radius 2 is 2.21 bits per heavy atom. The molecule has 0 heterocycles. The maximum Gasteiger partial charge on any atom is 0.272 e. The molecule has 1 aromatic rings. The minimum atomic E-state index is -0.390. The summed E-state index contributed by atoms with van der Waals surface area (Å²) in [5.74, 6) is 0.690. The molecule has 0 spiro atoms. The molecule has 1 rings (SSSR count). The van der Waals surface area contributed by atoms with Crippen LogP contribution in [0.15, 0.2) is 18.2 Å². The van der Waals surface area contributed by atoms with Gasteiger partial charge in [0.15, 0.2) is 0 Å². The van der Waals surface area contributed by atoms with E-state index in [0.29, 0.717) is 17.9 Å². The molecule has 0 atom stereocenters. The van der Waals surface area contributed by atoms with E-state index in [-0.39, 0.29) is 10.6 Å². The summed E-state index contributed by atoms with van der Waals surface area (Å²) >= 11 is 0. The van der Waals surface area contributed by atoms with Crippen molar-refractivity contribution in [2.75, 3.05) is 6.61 Å². The van der Waals surface area contributed by atoms with Crippen LogP contribution in [0.3, 0.4) is 0 Å². The Morgan fingerprint density at radius 3 is 2.71 bits per heavy atom. The first kappa shape index (κ1) is 10.5. The molecule has 4 heteroatoms. The summed E-state index contributed by atoms with van der Waals surface area (Å²) in [5.41, 5.74) is 0.762. The molecular formula is C10H13NO3. The van der Waals surface area contributed by atoms with Crippen LogP contribution in [0.25, 0.3) is 0 Å². The van der Waals surface area contributed by atoms with Gasteiger partial charge in [0, 0.05) is 11.6 Å². The van der Waals surface area contributed by atoms with E-state index >= 15 is 0 Å². The lowest BCUT2D eigenvalue weighted by Crippen LogP contribution is -1.97. The van der Waals surface area contributed by atoms with Crippen molar-refractivity contribution in [1.82, 2.24) is 0 Å². The van der Waals surface area contributed by atoms with Crippen LogP contribution < -0.4 is 4.74 Å². The lowest BCUT2D eigenvalue weighted by molar-refractivity contribution is -0.385. The number of hydrogen-bond donors (Lipinski definition) is 0. The topological polar surface area (TPSA) is 52.4 Å². The van der Waals surface area contributed by atoms with Crippen LogP contribution in [-0.2, 0) is 0 Å². The van der Waals surface area contributed by atoms with Crippen LogP contribution >= 0.6 is 0 Å². The number of nitro groups is 1. The van der Waals surface area contributed by atoms with E-state index in [4.69, 9.17) is 4.74 Å². The molecule has 0 saturated carbocycles. The van der Waals surface area contributed by atoms with Gasteiger partial charge in [-0.25, -0.2) is 0 Å². The zero-order valence-corrected chi connectivity index (χ0v) is 8.32. The van der Waals surface area contributed by atoms with Crippen LogP contribution in [0.1, 0.15) is 18.9 Å². The van der Waals surface area contributed by atoms with Crippen LogP contribution in [0, 0.1) is 17.0 Å². The molecule has 4 nitrogen and oxygen atoms in total. The quantitative estimate of drug-likeness (QED) is 0.548. The molecule has 0 unspecified atom stereocenters. The van der Waals surface area contributed by atoms with Crippen LogP contribution in [0.5, 0.6) is 5.75 Å². The Balaban J connectivity index is 2.83. The molecule has 0 aliphatic heterocycles. The van der Waals surface area contributed by atoms with Gasteiger partial charge in [0.25, 0.3) is 5.69 Å². The summed E-state index contributed by atoms with van der Waals surface area (Å²) in [6.45, 7) is 4.35. The van der Waals surface area contributed by atoms with E-state index < -0.39 is 0 Å². The van der Waals surface area contributed by atoms with Crippen LogP contribution in [-0.4, -0.2) is 11.5 Å². The third-order valence-corrected chi connectivity index (χ3v) is 1.84. The summed E-state index contributed by atoms with van der Waals surface area (Å²) in [4.78, 5) is 10.1. The number of benzene rings is 1. The normalized spacial score (nSPS) is 9.86. The first-order valence-corrected chi connectivity index (χ1v) is 4.53. The fraction of sp³-hybridized carbons (Fsp3) is 0.400. The molecule has 0 aliphatic rings. The Labute approximate surface area is 82.7 Å².